The summed E-state index contributed by atoms with van der Waals surface area (Å²) in [5.41, 5.74) is 2.15. The fraction of sp³-hybridized carbons (Fsp3) is 0.538. The van der Waals surface area contributed by atoms with Crippen LogP contribution < -0.4 is 5.32 Å². The lowest BCUT2D eigenvalue weighted by Gasteiger charge is -2.33. The van der Waals surface area contributed by atoms with Gasteiger partial charge in [-0.3, -0.25) is 14.7 Å². The zero-order chi connectivity index (χ0) is 13.0. The molecule has 5 nitrogen and oxygen atoms in total. The minimum Gasteiger partial charge on any atom is -0.388 e. The molecule has 0 bridgehead atoms. The Morgan fingerprint density at radius 3 is 2.72 bits per heavy atom. The standard InChI is InChI=1S/C13H20N4O/c1-11(18)17-7-5-16(6-8-17)10-13-9-12(14-2)3-4-15-13/h3-4,9H,5-8,10H2,1-2H3,(H,14,15). The third kappa shape index (κ3) is 3.20. The summed E-state index contributed by atoms with van der Waals surface area (Å²) in [7, 11) is 1.91. The van der Waals surface area contributed by atoms with Gasteiger partial charge in [0.25, 0.3) is 0 Å². The molecule has 5 heteroatoms. The number of pyridine rings is 1. The number of piperazine rings is 1. The van der Waals surface area contributed by atoms with E-state index in [0.29, 0.717) is 0 Å². The largest absolute Gasteiger partial charge is 0.388 e. The predicted octanol–water partition coefficient (Wildman–Crippen LogP) is 0.787. The highest BCUT2D eigenvalue weighted by Crippen LogP contribution is 2.11. The maximum atomic E-state index is 11.2. The Balaban J connectivity index is 1.89. The smallest absolute Gasteiger partial charge is 0.219 e. The molecule has 1 aliphatic rings. The summed E-state index contributed by atoms with van der Waals surface area (Å²) in [4.78, 5) is 19.8. The first kappa shape index (κ1) is 12.8. The first-order valence-electron chi connectivity index (χ1n) is 6.29. The van der Waals surface area contributed by atoms with Crippen LogP contribution in [0.1, 0.15) is 12.6 Å². The molecular weight excluding hydrogens is 228 g/mol. The van der Waals surface area contributed by atoms with E-state index >= 15 is 0 Å². The van der Waals surface area contributed by atoms with Gasteiger partial charge in [-0.15, -0.1) is 0 Å². The molecule has 1 fully saturated rings. The molecule has 1 aliphatic heterocycles. The maximum absolute atomic E-state index is 11.2. The molecule has 0 aromatic carbocycles. The molecule has 2 rings (SSSR count). The molecule has 1 amide bonds. The fourth-order valence-corrected chi connectivity index (χ4v) is 2.17. The summed E-state index contributed by atoms with van der Waals surface area (Å²) in [6.45, 7) is 5.97. The van der Waals surface area contributed by atoms with Gasteiger partial charge in [0.2, 0.25) is 5.91 Å². The second-order valence-corrected chi connectivity index (χ2v) is 4.57. The van der Waals surface area contributed by atoms with Gasteiger partial charge in [-0.05, 0) is 12.1 Å². The number of nitrogens with zero attached hydrogens (tertiary/aromatic N) is 3. The van der Waals surface area contributed by atoms with E-state index in [9.17, 15) is 4.79 Å². The first-order valence-corrected chi connectivity index (χ1v) is 6.29. The Bertz CT molecular complexity index is 413. The van der Waals surface area contributed by atoms with Crippen LogP contribution in [0.25, 0.3) is 0 Å². The topological polar surface area (TPSA) is 48.5 Å². The van der Waals surface area contributed by atoms with Crippen LogP contribution in [0.5, 0.6) is 0 Å². The van der Waals surface area contributed by atoms with E-state index in [0.717, 1.165) is 44.1 Å². The van der Waals surface area contributed by atoms with Crippen LogP contribution in [0.2, 0.25) is 0 Å². The van der Waals surface area contributed by atoms with E-state index < -0.39 is 0 Å². The monoisotopic (exact) mass is 248 g/mol. The maximum Gasteiger partial charge on any atom is 0.219 e. The number of rotatable bonds is 3. The number of aromatic nitrogens is 1. The number of carbonyl (C=O) groups is 1. The second-order valence-electron chi connectivity index (χ2n) is 4.57. The van der Waals surface area contributed by atoms with Crippen LogP contribution in [0.3, 0.4) is 0 Å². The Morgan fingerprint density at radius 1 is 1.39 bits per heavy atom. The van der Waals surface area contributed by atoms with Crippen molar-refractivity contribution in [3.05, 3.63) is 24.0 Å². The Labute approximate surface area is 108 Å². The van der Waals surface area contributed by atoms with Crippen molar-refractivity contribution in [2.45, 2.75) is 13.5 Å². The van der Waals surface area contributed by atoms with Gasteiger partial charge in [0.05, 0.1) is 5.69 Å². The number of hydrogen-bond donors (Lipinski definition) is 1. The van der Waals surface area contributed by atoms with E-state index in [2.05, 4.69) is 21.3 Å². The van der Waals surface area contributed by atoms with Crippen molar-refractivity contribution in [2.24, 2.45) is 0 Å². The van der Waals surface area contributed by atoms with Crippen molar-refractivity contribution >= 4 is 11.6 Å². The highest BCUT2D eigenvalue weighted by Gasteiger charge is 2.18. The van der Waals surface area contributed by atoms with Crippen molar-refractivity contribution in [1.82, 2.24) is 14.8 Å². The Kier molecular flexibility index (Phi) is 4.15. The van der Waals surface area contributed by atoms with Gasteiger partial charge in [-0.2, -0.15) is 0 Å². The minimum atomic E-state index is 0.171. The number of anilines is 1. The van der Waals surface area contributed by atoms with Crippen LogP contribution in [-0.4, -0.2) is 53.9 Å². The molecule has 0 spiro atoms. The highest BCUT2D eigenvalue weighted by molar-refractivity contribution is 5.73. The summed E-state index contributed by atoms with van der Waals surface area (Å²) in [5, 5.41) is 3.12. The third-order valence-corrected chi connectivity index (χ3v) is 3.31. The zero-order valence-corrected chi connectivity index (χ0v) is 11.0. The molecule has 2 heterocycles. The van der Waals surface area contributed by atoms with Crippen molar-refractivity contribution in [2.75, 3.05) is 38.5 Å². The molecule has 0 radical (unpaired) electrons. The minimum absolute atomic E-state index is 0.171. The third-order valence-electron chi connectivity index (χ3n) is 3.31. The molecule has 1 saturated heterocycles. The molecule has 18 heavy (non-hydrogen) atoms. The predicted molar refractivity (Wildman–Crippen MR) is 71.3 cm³/mol. The van der Waals surface area contributed by atoms with E-state index in [4.69, 9.17) is 0 Å². The van der Waals surface area contributed by atoms with Gasteiger partial charge in [-0.1, -0.05) is 0 Å². The van der Waals surface area contributed by atoms with Gasteiger partial charge in [0, 0.05) is 58.6 Å². The lowest BCUT2D eigenvalue weighted by Crippen LogP contribution is -2.47. The molecule has 0 unspecified atom stereocenters. The number of hydrogen-bond acceptors (Lipinski definition) is 4. The first-order chi connectivity index (χ1) is 8.69. The van der Waals surface area contributed by atoms with Crippen LogP contribution in [-0.2, 0) is 11.3 Å². The lowest BCUT2D eigenvalue weighted by atomic mass is 10.2. The molecular formula is C13H20N4O. The second kappa shape index (κ2) is 5.82. The molecule has 98 valence electrons. The highest BCUT2D eigenvalue weighted by atomic mass is 16.2. The van der Waals surface area contributed by atoms with E-state index in [1.54, 1.807) is 6.92 Å². The molecule has 0 saturated carbocycles. The summed E-state index contributed by atoms with van der Waals surface area (Å²) in [6, 6.07) is 4.02. The van der Waals surface area contributed by atoms with Gasteiger partial charge in [-0.25, -0.2) is 0 Å². The quantitative estimate of drug-likeness (QED) is 0.859. The van der Waals surface area contributed by atoms with E-state index in [-0.39, 0.29) is 5.91 Å². The lowest BCUT2D eigenvalue weighted by molar-refractivity contribution is -0.130. The fourth-order valence-electron chi connectivity index (χ4n) is 2.17. The summed E-state index contributed by atoms with van der Waals surface area (Å²) >= 11 is 0. The van der Waals surface area contributed by atoms with Crippen LogP contribution in [0.4, 0.5) is 5.69 Å². The van der Waals surface area contributed by atoms with E-state index in [1.165, 1.54) is 0 Å². The Hall–Kier alpha value is -1.62. The number of nitrogens with one attached hydrogen (secondary N) is 1. The van der Waals surface area contributed by atoms with Crippen molar-refractivity contribution in [1.29, 1.82) is 0 Å². The van der Waals surface area contributed by atoms with Gasteiger partial charge >= 0.3 is 0 Å². The summed E-state index contributed by atoms with van der Waals surface area (Å²) in [6.07, 6.45) is 1.83. The summed E-state index contributed by atoms with van der Waals surface area (Å²) in [5.74, 6) is 0.171. The summed E-state index contributed by atoms with van der Waals surface area (Å²) < 4.78 is 0. The van der Waals surface area contributed by atoms with Crippen LogP contribution in [0.15, 0.2) is 18.3 Å². The average molecular weight is 248 g/mol. The van der Waals surface area contributed by atoms with Crippen molar-refractivity contribution in [3.63, 3.8) is 0 Å². The number of amides is 1. The van der Waals surface area contributed by atoms with Gasteiger partial charge in [0.15, 0.2) is 0 Å². The SMILES string of the molecule is CNc1ccnc(CN2CCN(C(C)=O)CC2)c1. The van der Waals surface area contributed by atoms with Crippen molar-refractivity contribution < 1.29 is 4.79 Å². The van der Waals surface area contributed by atoms with E-state index in [1.807, 2.05) is 24.2 Å². The van der Waals surface area contributed by atoms with Gasteiger partial charge < -0.3 is 10.2 Å². The molecule has 1 aromatic heterocycles. The van der Waals surface area contributed by atoms with Crippen LogP contribution >= 0.6 is 0 Å². The molecule has 0 atom stereocenters. The normalized spacial score (nSPS) is 16.7. The van der Waals surface area contributed by atoms with Crippen molar-refractivity contribution in [3.8, 4) is 0 Å². The zero-order valence-electron chi connectivity index (χ0n) is 11.0. The van der Waals surface area contributed by atoms with Gasteiger partial charge in [0.1, 0.15) is 0 Å². The van der Waals surface area contributed by atoms with Crippen LogP contribution in [0, 0.1) is 0 Å². The molecule has 1 N–H and O–H groups in total. The Morgan fingerprint density at radius 2 is 2.11 bits per heavy atom. The molecule has 0 aliphatic carbocycles. The molecule has 1 aromatic rings. The average Bonchev–Trinajstić information content (AvgIpc) is 2.39. The number of carbonyl (C=O) groups excluding carboxylic acids is 1.